The van der Waals surface area contributed by atoms with Crippen molar-refractivity contribution in [1.82, 2.24) is 10.2 Å². The smallest absolute Gasteiger partial charge is 0.224 e. The van der Waals surface area contributed by atoms with Gasteiger partial charge in [-0.3, -0.25) is 4.79 Å². The highest BCUT2D eigenvalue weighted by atomic mass is 16.5. The van der Waals surface area contributed by atoms with Gasteiger partial charge in [-0.15, -0.1) is 0 Å². The number of nitrogens with one attached hydrogen (secondary N) is 1. The van der Waals surface area contributed by atoms with E-state index in [4.69, 9.17) is 4.74 Å². The second-order valence-electron chi connectivity index (χ2n) is 7.10. The van der Waals surface area contributed by atoms with Crippen molar-refractivity contribution in [2.24, 2.45) is 0 Å². The Hall–Kier alpha value is -2.17. The largest absolute Gasteiger partial charge is 0.372 e. The van der Waals surface area contributed by atoms with E-state index in [0.717, 1.165) is 39.1 Å². The zero-order chi connectivity index (χ0) is 17.8. The first-order chi connectivity index (χ1) is 12.8. The van der Waals surface area contributed by atoms with Gasteiger partial charge in [-0.1, -0.05) is 48.5 Å². The monoisotopic (exact) mass is 350 g/mol. The van der Waals surface area contributed by atoms with Crippen LogP contribution in [-0.4, -0.2) is 37.0 Å². The molecule has 4 heteroatoms. The van der Waals surface area contributed by atoms with E-state index in [1.807, 2.05) is 4.90 Å². The summed E-state index contributed by atoms with van der Waals surface area (Å²) in [6, 6.07) is 16.9. The third kappa shape index (κ3) is 3.81. The van der Waals surface area contributed by atoms with Crippen molar-refractivity contribution < 1.29 is 9.53 Å². The van der Waals surface area contributed by atoms with E-state index in [0.29, 0.717) is 13.0 Å². The number of hydrogen-bond acceptors (Lipinski definition) is 3. The lowest BCUT2D eigenvalue weighted by Gasteiger charge is -2.29. The Morgan fingerprint density at radius 3 is 2.69 bits per heavy atom. The van der Waals surface area contributed by atoms with Crippen molar-refractivity contribution in [2.45, 2.75) is 31.9 Å². The minimum Gasteiger partial charge on any atom is -0.372 e. The van der Waals surface area contributed by atoms with Crippen molar-refractivity contribution in [2.75, 3.05) is 26.2 Å². The van der Waals surface area contributed by atoms with E-state index in [1.54, 1.807) is 0 Å². The van der Waals surface area contributed by atoms with Gasteiger partial charge >= 0.3 is 0 Å². The molecule has 1 unspecified atom stereocenters. The number of amides is 1. The molecule has 0 aliphatic carbocycles. The van der Waals surface area contributed by atoms with E-state index in [9.17, 15) is 4.79 Å². The van der Waals surface area contributed by atoms with Gasteiger partial charge in [0.25, 0.3) is 0 Å². The second-order valence-corrected chi connectivity index (χ2v) is 7.10. The van der Waals surface area contributed by atoms with Crippen LogP contribution in [0, 0.1) is 0 Å². The van der Waals surface area contributed by atoms with Crippen molar-refractivity contribution in [3.05, 3.63) is 70.8 Å². The lowest BCUT2D eigenvalue weighted by Crippen LogP contribution is -2.38. The third-order valence-corrected chi connectivity index (χ3v) is 5.42. The van der Waals surface area contributed by atoms with Crippen LogP contribution >= 0.6 is 0 Å². The fourth-order valence-corrected chi connectivity index (χ4v) is 3.94. The highest BCUT2D eigenvalue weighted by Crippen LogP contribution is 2.26. The topological polar surface area (TPSA) is 41.6 Å². The number of carbonyl (C=O) groups excluding carboxylic acids is 1. The molecule has 0 saturated carbocycles. The van der Waals surface area contributed by atoms with Crippen LogP contribution in [0.4, 0.5) is 0 Å². The van der Waals surface area contributed by atoms with Crippen LogP contribution in [0.1, 0.15) is 34.8 Å². The molecule has 136 valence electrons. The summed E-state index contributed by atoms with van der Waals surface area (Å²) >= 11 is 0. The number of carbonyl (C=O) groups is 1. The van der Waals surface area contributed by atoms with Crippen LogP contribution in [-0.2, 0) is 28.9 Å². The Bertz CT molecular complexity index is 774. The molecule has 1 N–H and O–H groups in total. The molecule has 2 aliphatic rings. The van der Waals surface area contributed by atoms with Crippen molar-refractivity contribution in [1.29, 1.82) is 0 Å². The summed E-state index contributed by atoms with van der Waals surface area (Å²) in [5, 5.41) is 3.41. The second kappa shape index (κ2) is 8.02. The van der Waals surface area contributed by atoms with Crippen LogP contribution in [0.3, 0.4) is 0 Å². The van der Waals surface area contributed by atoms with Crippen LogP contribution < -0.4 is 5.32 Å². The van der Waals surface area contributed by atoms with Crippen LogP contribution in [0.25, 0.3) is 0 Å². The zero-order valence-corrected chi connectivity index (χ0v) is 15.1. The molecule has 26 heavy (non-hydrogen) atoms. The van der Waals surface area contributed by atoms with Crippen LogP contribution in [0.15, 0.2) is 48.5 Å². The van der Waals surface area contributed by atoms with Crippen molar-refractivity contribution in [3.63, 3.8) is 0 Å². The highest BCUT2D eigenvalue weighted by molar-refractivity contribution is 5.76. The van der Waals surface area contributed by atoms with E-state index in [1.165, 1.54) is 22.3 Å². The Labute approximate surface area is 155 Å². The summed E-state index contributed by atoms with van der Waals surface area (Å²) in [6.07, 6.45) is 2.58. The molecule has 0 saturated heterocycles. The third-order valence-electron chi connectivity index (χ3n) is 5.42. The number of hydrogen-bond donors (Lipinski definition) is 1. The molecule has 0 aromatic heterocycles. The van der Waals surface area contributed by atoms with E-state index in [-0.39, 0.29) is 12.0 Å². The van der Waals surface area contributed by atoms with Gasteiger partial charge in [0.05, 0.1) is 12.7 Å². The first-order valence-electron chi connectivity index (χ1n) is 9.56. The Morgan fingerprint density at radius 1 is 1.04 bits per heavy atom. The van der Waals surface area contributed by atoms with Gasteiger partial charge in [-0.2, -0.15) is 0 Å². The molecule has 2 aromatic rings. The Morgan fingerprint density at radius 2 is 1.81 bits per heavy atom. The zero-order valence-electron chi connectivity index (χ0n) is 15.1. The van der Waals surface area contributed by atoms with Gasteiger partial charge in [0, 0.05) is 32.6 Å². The lowest BCUT2D eigenvalue weighted by atomic mass is 9.97. The molecule has 4 rings (SSSR count). The maximum atomic E-state index is 12.5. The molecule has 2 aliphatic heterocycles. The summed E-state index contributed by atoms with van der Waals surface area (Å²) < 4.78 is 5.91. The lowest BCUT2D eigenvalue weighted by molar-refractivity contribution is -0.132. The van der Waals surface area contributed by atoms with E-state index in [2.05, 4.69) is 53.8 Å². The quantitative estimate of drug-likeness (QED) is 0.843. The van der Waals surface area contributed by atoms with Gasteiger partial charge in [0.1, 0.15) is 0 Å². The van der Waals surface area contributed by atoms with Gasteiger partial charge in [0.15, 0.2) is 0 Å². The van der Waals surface area contributed by atoms with Crippen molar-refractivity contribution in [3.8, 4) is 0 Å². The molecule has 0 bridgehead atoms. The summed E-state index contributed by atoms with van der Waals surface area (Å²) in [5.41, 5.74) is 5.33. The molecule has 0 fully saturated rings. The fraction of sp³-hybridized carbons (Fsp3) is 0.409. The van der Waals surface area contributed by atoms with Gasteiger partial charge in [0.2, 0.25) is 5.91 Å². The predicted molar refractivity (Wildman–Crippen MR) is 102 cm³/mol. The maximum Gasteiger partial charge on any atom is 0.224 e. The van der Waals surface area contributed by atoms with Crippen LogP contribution in [0.5, 0.6) is 0 Å². The molecular weight excluding hydrogens is 324 g/mol. The number of nitrogens with zero attached hydrogens (tertiary/aromatic N) is 1. The highest BCUT2D eigenvalue weighted by Gasteiger charge is 2.21. The first kappa shape index (κ1) is 17.3. The van der Waals surface area contributed by atoms with Gasteiger partial charge in [-0.25, -0.2) is 0 Å². The average Bonchev–Trinajstić information content (AvgIpc) is 2.70. The SMILES string of the molecule is O=C(CCNCC1OCCc2ccccc21)N1CCc2ccccc2C1. The molecule has 0 spiro atoms. The van der Waals surface area contributed by atoms with E-state index >= 15 is 0 Å². The number of benzene rings is 2. The number of rotatable bonds is 5. The molecule has 2 aromatic carbocycles. The fourth-order valence-electron chi connectivity index (χ4n) is 3.94. The Kier molecular flexibility index (Phi) is 5.32. The summed E-state index contributed by atoms with van der Waals surface area (Å²) in [4.78, 5) is 14.5. The Balaban J connectivity index is 1.24. The number of ether oxygens (including phenoxy) is 1. The predicted octanol–water partition coefficient (Wildman–Crippen LogP) is 2.87. The van der Waals surface area contributed by atoms with E-state index < -0.39 is 0 Å². The number of fused-ring (bicyclic) bond motifs is 2. The average molecular weight is 350 g/mol. The molecular formula is C22H26N2O2. The normalized spacial score (nSPS) is 18.9. The molecule has 4 nitrogen and oxygen atoms in total. The minimum atomic E-state index is 0.0944. The summed E-state index contributed by atoms with van der Waals surface area (Å²) in [6.45, 7) is 3.80. The molecule has 1 atom stereocenters. The molecule has 2 heterocycles. The van der Waals surface area contributed by atoms with Crippen LogP contribution in [0.2, 0.25) is 0 Å². The van der Waals surface area contributed by atoms with Gasteiger partial charge in [-0.05, 0) is 35.1 Å². The standard InChI is InChI=1S/C22H26N2O2/c25-22(24-13-10-17-5-1-2-7-19(17)16-24)9-12-23-15-21-20-8-4-3-6-18(20)11-14-26-21/h1-8,21,23H,9-16H2. The first-order valence-corrected chi connectivity index (χ1v) is 9.56. The minimum absolute atomic E-state index is 0.0944. The summed E-state index contributed by atoms with van der Waals surface area (Å²) in [7, 11) is 0. The summed E-state index contributed by atoms with van der Waals surface area (Å²) in [5.74, 6) is 0.233. The van der Waals surface area contributed by atoms with Gasteiger partial charge < -0.3 is 15.0 Å². The maximum absolute atomic E-state index is 12.5. The molecule has 0 radical (unpaired) electrons. The molecule has 1 amide bonds. The van der Waals surface area contributed by atoms with Crippen molar-refractivity contribution >= 4 is 5.91 Å².